The zero-order chi connectivity index (χ0) is 25.2. The number of urea groups is 1. The Labute approximate surface area is 207 Å². The fourth-order valence-electron chi connectivity index (χ4n) is 4.22. The van der Waals surface area contributed by atoms with Crippen molar-refractivity contribution in [3.05, 3.63) is 83.2 Å². The summed E-state index contributed by atoms with van der Waals surface area (Å²) >= 11 is 0. The molecule has 2 aromatic carbocycles. The van der Waals surface area contributed by atoms with Gasteiger partial charge in [0.25, 0.3) is 10.0 Å². The molecule has 2 aliphatic rings. The van der Waals surface area contributed by atoms with Crippen LogP contribution in [0.4, 0.5) is 10.5 Å². The van der Waals surface area contributed by atoms with Gasteiger partial charge in [-0.3, -0.25) is 0 Å². The molecule has 2 aromatic rings. The molecule has 2 N–H and O–H groups in total. The highest BCUT2D eigenvalue weighted by Gasteiger charge is 2.33. The molecule has 0 spiro atoms. The Bertz CT molecular complexity index is 1300. The molecule has 0 saturated carbocycles. The van der Waals surface area contributed by atoms with Crippen molar-refractivity contribution < 1.29 is 13.2 Å². The number of amides is 2. The van der Waals surface area contributed by atoms with Crippen LogP contribution in [0.3, 0.4) is 0 Å². The number of amidine groups is 1. The first-order chi connectivity index (χ1) is 16.7. The average molecular weight is 494 g/mol. The van der Waals surface area contributed by atoms with Crippen LogP contribution in [0.2, 0.25) is 0 Å². The Morgan fingerprint density at radius 1 is 1.06 bits per heavy atom. The number of carbonyl (C=O) groups is 1. The average Bonchev–Trinajstić information content (AvgIpc) is 3.18. The van der Waals surface area contributed by atoms with Gasteiger partial charge in [-0.2, -0.15) is 0 Å². The van der Waals surface area contributed by atoms with Crippen LogP contribution in [-0.2, 0) is 16.4 Å². The van der Waals surface area contributed by atoms with Gasteiger partial charge in [-0.1, -0.05) is 36.8 Å². The number of benzene rings is 2. The molecule has 0 radical (unpaired) electrons. The summed E-state index contributed by atoms with van der Waals surface area (Å²) in [5.74, 6) is 0.974. The van der Waals surface area contributed by atoms with E-state index in [2.05, 4.69) is 58.1 Å². The number of anilines is 1. The highest BCUT2D eigenvalue weighted by atomic mass is 32.2. The molecule has 0 aliphatic carbocycles. The fraction of sp³-hybridized carbons (Fsp3) is 0.308. The van der Waals surface area contributed by atoms with E-state index in [9.17, 15) is 13.2 Å². The van der Waals surface area contributed by atoms with Crippen LogP contribution in [0.15, 0.2) is 82.0 Å². The summed E-state index contributed by atoms with van der Waals surface area (Å²) in [7, 11) is -1.89. The predicted molar refractivity (Wildman–Crippen MR) is 139 cm³/mol. The monoisotopic (exact) mass is 493 g/mol. The molecule has 2 aliphatic heterocycles. The quantitative estimate of drug-likeness (QED) is 0.610. The number of likely N-dealkylation sites (N-methyl/N-ethyl adjacent to an activating group) is 1. The maximum atomic E-state index is 12.3. The van der Waals surface area contributed by atoms with Crippen LogP contribution >= 0.6 is 0 Å². The summed E-state index contributed by atoms with van der Waals surface area (Å²) < 4.78 is 26.7. The minimum atomic E-state index is -3.90. The van der Waals surface area contributed by atoms with Gasteiger partial charge in [0.2, 0.25) is 0 Å². The summed E-state index contributed by atoms with van der Waals surface area (Å²) in [5, 5.41) is 2.62. The van der Waals surface area contributed by atoms with Crippen LogP contribution in [0.1, 0.15) is 31.4 Å². The number of hydrogen-bond acceptors (Lipinski definition) is 6. The molecule has 9 heteroatoms. The van der Waals surface area contributed by atoms with Gasteiger partial charge >= 0.3 is 6.03 Å². The molecular weight excluding hydrogens is 462 g/mol. The molecule has 0 bridgehead atoms. The second-order valence-corrected chi connectivity index (χ2v) is 10.5. The Balaban J connectivity index is 1.35. The Kier molecular flexibility index (Phi) is 6.98. The number of allylic oxidation sites excluding steroid dienone is 2. The number of hydrogen-bond donors (Lipinski definition) is 2. The van der Waals surface area contributed by atoms with E-state index in [1.807, 2.05) is 26.1 Å². The zero-order valence-electron chi connectivity index (χ0n) is 20.4. The number of fused-ring (bicyclic) bond motifs is 1. The van der Waals surface area contributed by atoms with Crippen LogP contribution in [-0.4, -0.2) is 44.9 Å². The normalized spacial score (nSPS) is 17.4. The number of carbonyl (C=O) groups excluding carboxylic acids is 1. The first-order valence-electron chi connectivity index (χ1n) is 11.6. The molecular formula is C26H31N5O3S. The van der Waals surface area contributed by atoms with Crippen LogP contribution in [0.25, 0.3) is 0 Å². The van der Waals surface area contributed by atoms with Gasteiger partial charge in [-0.25, -0.2) is 22.9 Å². The van der Waals surface area contributed by atoms with Crippen LogP contribution in [0, 0.1) is 6.92 Å². The summed E-state index contributed by atoms with van der Waals surface area (Å²) in [4.78, 5) is 21.4. The fourth-order valence-corrected chi connectivity index (χ4v) is 5.15. The second kappa shape index (κ2) is 9.95. The molecule has 0 fully saturated rings. The van der Waals surface area contributed by atoms with E-state index in [4.69, 9.17) is 4.99 Å². The molecule has 184 valence electrons. The van der Waals surface area contributed by atoms with Gasteiger partial charge in [-0.05, 0) is 68.2 Å². The van der Waals surface area contributed by atoms with Gasteiger partial charge in [0, 0.05) is 25.5 Å². The van der Waals surface area contributed by atoms with Gasteiger partial charge in [0.05, 0.1) is 10.6 Å². The highest BCUT2D eigenvalue weighted by molar-refractivity contribution is 7.90. The third kappa shape index (κ3) is 5.40. The molecule has 1 atom stereocenters. The standard InChI is InChI=1S/C26H31N5O3S/c1-5-24-28-25-23(16-19(3)17-30(25)4)31(24)21-10-8-20(9-11-21)14-15-27-26(32)29-35(33,34)22-12-6-18(2)7-13-22/h6-13,16-17,24H,5,14-15H2,1-4H3,(H2,27,29,32). The van der Waals surface area contributed by atoms with E-state index in [1.165, 1.54) is 17.7 Å². The smallest absolute Gasteiger partial charge is 0.328 e. The summed E-state index contributed by atoms with van der Waals surface area (Å²) in [6, 6.07) is 13.8. The second-order valence-electron chi connectivity index (χ2n) is 8.82. The van der Waals surface area contributed by atoms with E-state index < -0.39 is 16.1 Å². The van der Waals surface area contributed by atoms with E-state index in [1.54, 1.807) is 12.1 Å². The van der Waals surface area contributed by atoms with Crippen molar-refractivity contribution in [2.24, 2.45) is 4.99 Å². The maximum Gasteiger partial charge on any atom is 0.328 e. The Morgan fingerprint density at radius 2 is 1.74 bits per heavy atom. The van der Waals surface area contributed by atoms with Gasteiger partial charge < -0.3 is 15.1 Å². The molecule has 4 rings (SSSR count). The van der Waals surface area contributed by atoms with E-state index >= 15 is 0 Å². The maximum absolute atomic E-state index is 12.3. The topological polar surface area (TPSA) is 94.1 Å². The minimum Gasteiger partial charge on any atom is -0.337 e. The van der Waals surface area contributed by atoms with Crippen molar-refractivity contribution >= 4 is 27.6 Å². The van der Waals surface area contributed by atoms with E-state index in [0.717, 1.165) is 34.8 Å². The predicted octanol–water partition coefficient (Wildman–Crippen LogP) is 3.91. The number of nitrogens with one attached hydrogen (secondary N) is 2. The van der Waals surface area contributed by atoms with Crippen LogP contribution < -0.4 is 14.9 Å². The number of sulfonamides is 1. The number of aryl methyl sites for hydroxylation is 1. The lowest BCUT2D eigenvalue weighted by molar-refractivity contribution is 0.246. The molecule has 0 aromatic heterocycles. The number of aliphatic imine (C=N–C) groups is 1. The van der Waals surface area contributed by atoms with Crippen molar-refractivity contribution in [3.63, 3.8) is 0 Å². The number of rotatable bonds is 7. The molecule has 2 heterocycles. The van der Waals surface area contributed by atoms with Crippen molar-refractivity contribution in [2.75, 3.05) is 18.5 Å². The van der Waals surface area contributed by atoms with Crippen molar-refractivity contribution in [2.45, 2.75) is 44.7 Å². The summed E-state index contributed by atoms with van der Waals surface area (Å²) in [6.45, 7) is 6.38. The molecule has 2 amide bonds. The van der Waals surface area contributed by atoms with Crippen molar-refractivity contribution in [1.29, 1.82) is 0 Å². The highest BCUT2D eigenvalue weighted by Crippen LogP contribution is 2.34. The first kappa shape index (κ1) is 24.5. The van der Waals surface area contributed by atoms with Crippen molar-refractivity contribution in [1.82, 2.24) is 14.9 Å². The third-order valence-electron chi connectivity index (χ3n) is 5.99. The summed E-state index contributed by atoms with van der Waals surface area (Å²) in [5.41, 5.74) is 5.31. The minimum absolute atomic E-state index is 0.0460. The molecule has 8 nitrogen and oxygen atoms in total. The molecule has 35 heavy (non-hydrogen) atoms. The lowest BCUT2D eigenvalue weighted by Gasteiger charge is -2.29. The van der Waals surface area contributed by atoms with Crippen LogP contribution in [0.5, 0.6) is 0 Å². The SMILES string of the molecule is CCC1N=C2C(=CC(C)=CN2C)N1c1ccc(CCNC(=O)NS(=O)(=O)c2ccc(C)cc2)cc1. The Morgan fingerprint density at radius 3 is 2.40 bits per heavy atom. The van der Waals surface area contributed by atoms with Crippen molar-refractivity contribution in [3.8, 4) is 0 Å². The van der Waals surface area contributed by atoms with Gasteiger partial charge in [0.15, 0.2) is 5.84 Å². The van der Waals surface area contributed by atoms with Gasteiger partial charge in [-0.15, -0.1) is 0 Å². The number of nitrogens with zero attached hydrogens (tertiary/aromatic N) is 3. The molecule has 0 saturated heterocycles. The third-order valence-corrected chi connectivity index (χ3v) is 7.34. The van der Waals surface area contributed by atoms with Gasteiger partial charge in [0.1, 0.15) is 6.17 Å². The largest absolute Gasteiger partial charge is 0.337 e. The Hall–Kier alpha value is -3.59. The molecule has 1 unspecified atom stereocenters. The summed E-state index contributed by atoms with van der Waals surface area (Å²) in [6.07, 6.45) is 5.75. The lowest BCUT2D eigenvalue weighted by Crippen LogP contribution is -2.40. The van der Waals surface area contributed by atoms with E-state index in [0.29, 0.717) is 13.0 Å². The lowest BCUT2D eigenvalue weighted by atomic mass is 10.1. The first-order valence-corrected chi connectivity index (χ1v) is 13.1. The zero-order valence-corrected chi connectivity index (χ0v) is 21.3. The van der Waals surface area contributed by atoms with E-state index in [-0.39, 0.29) is 11.1 Å².